The quantitative estimate of drug-likeness (QED) is 0.274. The summed E-state index contributed by atoms with van der Waals surface area (Å²) in [7, 11) is -1.88. The molecule has 2 aromatic carbocycles. The first-order valence-electron chi connectivity index (χ1n) is 15.6. The predicted molar refractivity (Wildman–Crippen MR) is 164 cm³/mol. The van der Waals surface area contributed by atoms with Crippen molar-refractivity contribution in [2.24, 2.45) is 5.92 Å². The van der Waals surface area contributed by atoms with Crippen molar-refractivity contribution in [1.82, 2.24) is 14.1 Å². The number of likely N-dealkylation sites (N-methyl/N-ethyl adjacent to an activating group) is 1. The first-order chi connectivity index (χ1) is 19.9. The Bertz CT molecular complexity index is 1150. The number of carbonyl (C=O) groups excluding carboxylic acids is 1. The highest BCUT2D eigenvalue weighted by atomic mass is 32.2. The van der Waals surface area contributed by atoms with Crippen LogP contribution in [-0.4, -0.2) is 81.0 Å². The maximum absolute atomic E-state index is 13.2. The molecule has 0 radical (unpaired) electrons. The second-order valence-corrected chi connectivity index (χ2v) is 13.9. The molecular formula is C33H49N3O4S. The Kier molecular flexibility index (Phi) is 12.1. The van der Waals surface area contributed by atoms with E-state index in [9.17, 15) is 13.2 Å². The number of hydrogen-bond donors (Lipinski definition) is 0. The van der Waals surface area contributed by atoms with Crippen molar-refractivity contribution in [2.45, 2.75) is 81.6 Å². The molecule has 1 unspecified atom stereocenters. The van der Waals surface area contributed by atoms with Gasteiger partial charge in [-0.3, -0.25) is 0 Å². The maximum Gasteiger partial charge on any atom is 0.410 e. The van der Waals surface area contributed by atoms with Crippen LogP contribution in [0.25, 0.3) is 0 Å². The SMILES string of the molecule is CCCOC(=O)N(CC1CCCCC1)C1CCN(CCC(CN(C)S(=O)(=O)c2ccccc2)c2ccccc2)CC1. The molecule has 0 bridgehead atoms. The van der Waals surface area contributed by atoms with Gasteiger partial charge in [-0.15, -0.1) is 0 Å². The normalized spacial score (nSPS) is 18.3. The summed E-state index contributed by atoms with van der Waals surface area (Å²) in [5.74, 6) is 0.677. The number of sulfonamides is 1. The lowest BCUT2D eigenvalue weighted by atomic mass is 9.88. The lowest BCUT2D eigenvalue weighted by Gasteiger charge is -2.40. The van der Waals surface area contributed by atoms with Gasteiger partial charge < -0.3 is 14.5 Å². The summed E-state index contributed by atoms with van der Waals surface area (Å²) in [6.07, 6.45) is 9.75. The van der Waals surface area contributed by atoms with Crippen LogP contribution in [0.4, 0.5) is 4.79 Å². The van der Waals surface area contributed by atoms with Gasteiger partial charge in [0.05, 0.1) is 11.5 Å². The van der Waals surface area contributed by atoms with Gasteiger partial charge in [-0.1, -0.05) is 74.7 Å². The van der Waals surface area contributed by atoms with Gasteiger partial charge in [0.25, 0.3) is 0 Å². The fourth-order valence-electron chi connectivity index (χ4n) is 6.36. The third-order valence-corrected chi connectivity index (χ3v) is 10.7. The monoisotopic (exact) mass is 583 g/mol. The number of likely N-dealkylation sites (tertiary alicyclic amines) is 1. The molecule has 2 fully saturated rings. The summed E-state index contributed by atoms with van der Waals surface area (Å²) in [5.41, 5.74) is 1.16. The lowest BCUT2D eigenvalue weighted by Crippen LogP contribution is -2.49. The van der Waals surface area contributed by atoms with E-state index in [2.05, 4.69) is 21.9 Å². The third-order valence-electron chi connectivity index (χ3n) is 8.84. The minimum atomic E-state index is -3.56. The van der Waals surface area contributed by atoms with Gasteiger partial charge in [-0.05, 0) is 74.6 Å². The molecule has 7 nitrogen and oxygen atoms in total. The second kappa shape index (κ2) is 15.7. The van der Waals surface area contributed by atoms with Crippen LogP contribution in [0.15, 0.2) is 65.6 Å². The van der Waals surface area contributed by atoms with Crippen molar-refractivity contribution in [1.29, 1.82) is 0 Å². The lowest BCUT2D eigenvalue weighted by molar-refractivity contribution is 0.0535. The van der Waals surface area contributed by atoms with E-state index in [4.69, 9.17) is 4.74 Å². The van der Waals surface area contributed by atoms with Crippen LogP contribution in [0, 0.1) is 5.92 Å². The molecule has 1 saturated heterocycles. The Balaban J connectivity index is 1.35. The first kappa shape index (κ1) is 31.5. The van der Waals surface area contributed by atoms with Crippen molar-refractivity contribution in [3.63, 3.8) is 0 Å². The molecule has 8 heteroatoms. The molecule has 1 saturated carbocycles. The fraction of sp³-hybridized carbons (Fsp3) is 0.606. The number of amides is 1. The van der Waals surface area contributed by atoms with Crippen molar-refractivity contribution < 1.29 is 17.9 Å². The van der Waals surface area contributed by atoms with E-state index in [1.54, 1.807) is 31.3 Å². The van der Waals surface area contributed by atoms with Crippen LogP contribution < -0.4 is 0 Å². The van der Waals surface area contributed by atoms with Gasteiger partial charge in [0.15, 0.2) is 0 Å². The summed E-state index contributed by atoms with van der Waals surface area (Å²) >= 11 is 0. The van der Waals surface area contributed by atoms with Crippen LogP contribution >= 0.6 is 0 Å². The molecule has 226 valence electrons. The van der Waals surface area contributed by atoms with E-state index in [1.807, 2.05) is 31.2 Å². The minimum absolute atomic E-state index is 0.0873. The highest BCUT2D eigenvalue weighted by Crippen LogP contribution is 2.29. The molecule has 0 aromatic heterocycles. The molecule has 1 amide bonds. The highest BCUT2D eigenvalue weighted by molar-refractivity contribution is 7.89. The third kappa shape index (κ3) is 9.03. The number of ether oxygens (including phenoxy) is 1. The summed E-state index contributed by atoms with van der Waals surface area (Å²) < 4.78 is 33.6. The van der Waals surface area contributed by atoms with Crippen LogP contribution in [0.5, 0.6) is 0 Å². The largest absolute Gasteiger partial charge is 0.449 e. The Labute approximate surface area is 247 Å². The topological polar surface area (TPSA) is 70.2 Å². The molecule has 0 N–H and O–H groups in total. The average Bonchev–Trinajstić information content (AvgIpc) is 3.02. The number of carbonyl (C=O) groups is 1. The maximum atomic E-state index is 13.2. The van der Waals surface area contributed by atoms with Crippen molar-refractivity contribution in [3.05, 3.63) is 66.2 Å². The molecule has 2 aliphatic rings. The van der Waals surface area contributed by atoms with E-state index in [-0.39, 0.29) is 18.1 Å². The Hall–Kier alpha value is -2.42. The highest BCUT2D eigenvalue weighted by Gasteiger charge is 2.32. The van der Waals surface area contributed by atoms with Gasteiger partial charge in [-0.2, -0.15) is 0 Å². The molecule has 1 atom stereocenters. The zero-order chi connectivity index (χ0) is 29.1. The summed E-state index contributed by atoms with van der Waals surface area (Å²) in [5, 5.41) is 0. The summed E-state index contributed by atoms with van der Waals surface area (Å²) in [6, 6.07) is 19.2. The van der Waals surface area contributed by atoms with Gasteiger partial charge in [0, 0.05) is 39.3 Å². The van der Waals surface area contributed by atoms with Gasteiger partial charge in [0.1, 0.15) is 0 Å². The zero-order valence-corrected chi connectivity index (χ0v) is 25.8. The Morgan fingerprint density at radius 2 is 1.59 bits per heavy atom. The molecular weight excluding hydrogens is 534 g/mol. The van der Waals surface area contributed by atoms with Crippen LogP contribution in [0.2, 0.25) is 0 Å². The standard InChI is InChI=1S/C33H49N3O4S/c1-3-25-40-33(37)36(26-28-13-7-4-8-14-28)31-20-23-35(24-21-31)22-19-30(29-15-9-5-10-16-29)27-34(2)41(38,39)32-17-11-6-12-18-32/h5-6,9-12,15-18,28,30-31H,3-4,7-8,13-14,19-27H2,1-2H3. The van der Waals surface area contributed by atoms with Gasteiger partial charge in [0.2, 0.25) is 10.0 Å². The number of piperidine rings is 1. The number of rotatable bonds is 13. The Morgan fingerprint density at radius 3 is 2.22 bits per heavy atom. The van der Waals surface area contributed by atoms with Crippen molar-refractivity contribution in [2.75, 3.05) is 46.4 Å². The summed E-state index contributed by atoms with van der Waals surface area (Å²) in [6.45, 7) is 6.54. The molecule has 2 aromatic rings. The Morgan fingerprint density at radius 1 is 0.951 bits per heavy atom. The first-order valence-corrected chi connectivity index (χ1v) is 17.0. The smallest absolute Gasteiger partial charge is 0.410 e. The van der Waals surface area contributed by atoms with E-state index >= 15 is 0 Å². The van der Waals surface area contributed by atoms with Crippen LogP contribution in [0.1, 0.15) is 76.2 Å². The zero-order valence-electron chi connectivity index (χ0n) is 25.0. The predicted octanol–water partition coefficient (Wildman–Crippen LogP) is 6.37. The molecule has 0 spiro atoms. The number of nitrogens with zero attached hydrogens (tertiary/aromatic N) is 3. The average molecular weight is 584 g/mol. The van der Waals surface area contributed by atoms with Crippen LogP contribution in [0.3, 0.4) is 0 Å². The van der Waals surface area contributed by atoms with Crippen LogP contribution in [-0.2, 0) is 14.8 Å². The second-order valence-electron chi connectivity index (χ2n) is 11.8. The molecule has 1 heterocycles. The molecule has 41 heavy (non-hydrogen) atoms. The molecule has 1 aliphatic carbocycles. The molecule has 1 aliphatic heterocycles. The fourth-order valence-corrected chi connectivity index (χ4v) is 7.59. The summed E-state index contributed by atoms with van der Waals surface area (Å²) in [4.78, 5) is 17.9. The van der Waals surface area contributed by atoms with E-state index in [0.29, 0.717) is 24.0 Å². The number of benzene rings is 2. The van der Waals surface area contributed by atoms with E-state index in [0.717, 1.165) is 57.4 Å². The van der Waals surface area contributed by atoms with Gasteiger partial charge >= 0.3 is 6.09 Å². The molecule has 4 rings (SSSR count). The van der Waals surface area contributed by atoms with Gasteiger partial charge in [-0.25, -0.2) is 17.5 Å². The number of hydrogen-bond acceptors (Lipinski definition) is 5. The van der Waals surface area contributed by atoms with Crippen molar-refractivity contribution >= 4 is 16.1 Å². The van der Waals surface area contributed by atoms with E-state index in [1.165, 1.54) is 36.4 Å². The minimum Gasteiger partial charge on any atom is -0.449 e. The van der Waals surface area contributed by atoms with E-state index < -0.39 is 10.0 Å². The van der Waals surface area contributed by atoms with Crippen molar-refractivity contribution in [3.8, 4) is 0 Å².